The van der Waals surface area contributed by atoms with Crippen LogP contribution in [-0.4, -0.2) is 29.3 Å². The van der Waals surface area contributed by atoms with Crippen molar-refractivity contribution >= 4 is 23.2 Å². The van der Waals surface area contributed by atoms with Crippen molar-refractivity contribution in [2.24, 2.45) is 5.92 Å². The maximum Gasteiger partial charge on any atom is 0.254 e. The summed E-state index contributed by atoms with van der Waals surface area (Å²) in [5.41, 5.74) is 1.52. The molecule has 1 aromatic heterocycles. The van der Waals surface area contributed by atoms with Crippen molar-refractivity contribution in [3.63, 3.8) is 0 Å². The molecular formula is C21H24N2O2S. The van der Waals surface area contributed by atoms with Gasteiger partial charge in [0.25, 0.3) is 5.91 Å². The van der Waals surface area contributed by atoms with Crippen LogP contribution in [-0.2, 0) is 4.79 Å². The zero-order chi connectivity index (χ0) is 18.3. The molecule has 0 spiro atoms. The summed E-state index contributed by atoms with van der Waals surface area (Å²) in [7, 11) is 0. The van der Waals surface area contributed by atoms with Gasteiger partial charge in [0.15, 0.2) is 0 Å². The van der Waals surface area contributed by atoms with Gasteiger partial charge in [-0.25, -0.2) is 0 Å². The van der Waals surface area contributed by atoms with Crippen LogP contribution < -0.4 is 5.32 Å². The molecule has 1 aliphatic carbocycles. The second-order valence-corrected chi connectivity index (χ2v) is 8.64. The quantitative estimate of drug-likeness (QED) is 0.868. The fraction of sp³-hybridized carbons (Fsp3) is 0.429. The Bertz CT molecular complexity index is 811. The van der Waals surface area contributed by atoms with E-state index in [-0.39, 0.29) is 23.8 Å². The van der Waals surface area contributed by atoms with Gasteiger partial charge in [-0.15, -0.1) is 11.3 Å². The second kappa shape index (κ2) is 6.88. The molecule has 136 valence electrons. The van der Waals surface area contributed by atoms with Gasteiger partial charge in [0.05, 0.1) is 12.0 Å². The summed E-state index contributed by atoms with van der Waals surface area (Å²) in [5.74, 6) is 0.0449. The van der Waals surface area contributed by atoms with Crippen molar-refractivity contribution in [1.82, 2.24) is 10.2 Å². The predicted octanol–water partition coefficient (Wildman–Crippen LogP) is 3.96. The lowest BCUT2D eigenvalue weighted by Crippen LogP contribution is -2.48. The minimum Gasteiger partial charge on any atom is -0.353 e. The summed E-state index contributed by atoms with van der Waals surface area (Å²) in [6, 6.07) is 11.7. The molecule has 1 aromatic carbocycles. The van der Waals surface area contributed by atoms with E-state index < -0.39 is 0 Å². The van der Waals surface area contributed by atoms with Crippen LogP contribution >= 0.6 is 11.3 Å². The molecular weight excluding hydrogens is 344 g/mol. The van der Waals surface area contributed by atoms with E-state index in [1.165, 1.54) is 0 Å². The smallest absolute Gasteiger partial charge is 0.254 e. The monoisotopic (exact) mass is 368 g/mol. The first-order chi connectivity index (χ1) is 12.6. The number of thiophene rings is 1. The van der Waals surface area contributed by atoms with Gasteiger partial charge in [0.2, 0.25) is 5.91 Å². The lowest BCUT2D eigenvalue weighted by atomic mass is 9.81. The fourth-order valence-corrected chi connectivity index (χ4v) is 4.64. The van der Waals surface area contributed by atoms with E-state index in [2.05, 4.69) is 19.2 Å². The Balaban J connectivity index is 1.83. The minimum absolute atomic E-state index is 0.0307. The predicted molar refractivity (Wildman–Crippen MR) is 103 cm³/mol. The van der Waals surface area contributed by atoms with Crippen molar-refractivity contribution in [2.45, 2.75) is 44.7 Å². The van der Waals surface area contributed by atoms with Crippen LogP contribution in [0.2, 0.25) is 0 Å². The molecule has 1 saturated carbocycles. The van der Waals surface area contributed by atoms with Crippen LogP contribution in [0.4, 0.5) is 0 Å². The summed E-state index contributed by atoms with van der Waals surface area (Å²) in [6.45, 7) is 4.86. The van der Waals surface area contributed by atoms with Crippen LogP contribution in [0.3, 0.4) is 0 Å². The highest BCUT2D eigenvalue weighted by molar-refractivity contribution is 7.10. The SMILES string of the molecule is CC(C)CN1C(=O)c2ccccc2[C@H](C(=O)NC2CC2)[C@H]1c1cccs1. The Hall–Kier alpha value is -2.14. The van der Waals surface area contributed by atoms with Crippen molar-refractivity contribution in [3.8, 4) is 0 Å². The molecule has 1 aliphatic heterocycles. The first-order valence-electron chi connectivity index (χ1n) is 9.30. The van der Waals surface area contributed by atoms with Gasteiger partial charge in [0.1, 0.15) is 0 Å². The van der Waals surface area contributed by atoms with Crippen molar-refractivity contribution in [1.29, 1.82) is 0 Å². The average Bonchev–Trinajstić information content (AvgIpc) is 3.26. The summed E-state index contributed by atoms with van der Waals surface area (Å²) < 4.78 is 0. The molecule has 2 aliphatic rings. The van der Waals surface area contributed by atoms with Gasteiger partial charge in [-0.05, 0) is 41.8 Å². The number of nitrogens with one attached hydrogen (secondary N) is 1. The second-order valence-electron chi connectivity index (χ2n) is 7.66. The molecule has 2 aromatic rings. The standard InChI is InChI=1S/C21H24N2O2S/c1-13(2)12-23-19(17-8-5-11-26-17)18(20(24)22-14-9-10-14)15-6-3-4-7-16(15)21(23)25/h3-8,11,13-14,18-19H,9-10,12H2,1-2H3,(H,22,24)/t18-,19+/m0/s1. The van der Waals surface area contributed by atoms with Crippen LogP contribution in [0.25, 0.3) is 0 Å². The molecule has 26 heavy (non-hydrogen) atoms. The van der Waals surface area contributed by atoms with Gasteiger partial charge >= 0.3 is 0 Å². The van der Waals surface area contributed by atoms with Gasteiger partial charge in [-0.2, -0.15) is 0 Å². The number of nitrogens with zero attached hydrogens (tertiary/aromatic N) is 1. The van der Waals surface area contributed by atoms with E-state index >= 15 is 0 Å². The van der Waals surface area contributed by atoms with Gasteiger partial charge in [-0.3, -0.25) is 9.59 Å². The number of carbonyl (C=O) groups is 2. The van der Waals surface area contributed by atoms with Crippen molar-refractivity contribution in [2.75, 3.05) is 6.54 Å². The van der Waals surface area contributed by atoms with Crippen LogP contribution in [0.5, 0.6) is 0 Å². The Kier molecular flexibility index (Phi) is 4.57. The molecule has 2 atom stereocenters. The van der Waals surface area contributed by atoms with Crippen molar-refractivity contribution < 1.29 is 9.59 Å². The molecule has 0 unspecified atom stereocenters. The molecule has 0 saturated heterocycles. The summed E-state index contributed by atoms with van der Waals surface area (Å²) in [4.78, 5) is 29.5. The third kappa shape index (κ3) is 3.16. The van der Waals surface area contributed by atoms with Crippen LogP contribution in [0.1, 0.15) is 59.4 Å². The van der Waals surface area contributed by atoms with E-state index in [1.807, 2.05) is 46.7 Å². The number of carbonyl (C=O) groups excluding carboxylic acids is 2. The zero-order valence-corrected chi connectivity index (χ0v) is 16.0. The Morgan fingerprint density at radius 2 is 2.00 bits per heavy atom. The molecule has 2 amide bonds. The third-order valence-electron chi connectivity index (χ3n) is 5.04. The van der Waals surface area contributed by atoms with Crippen LogP contribution in [0.15, 0.2) is 41.8 Å². The Morgan fingerprint density at radius 1 is 1.23 bits per heavy atom. The van der Waals surface area contributed by atoms with Gasteiger partial charge in [-0.1, -0.05) is 38.1 Å². The molecule has 5 heteroatoms. The maximum atomic E-state index is 13.3. The Morgan fingerprint density at radius 3 is 2.65 bits per heavy atom. The van der Waals surface area contributed by atoms with Crippen molar-refractivity contribution in [3.05, 3.63) is 57.8 Å². The minimum atomic E-state index is -0.359. The van der Waals surface area contributed by atoms with E-state index in [4.69, 9.17) is 0 Å². The van der Waals surface area contributed by atoms with E-state index in [0.29, 0.717) is 24.1 Å². The largest absolute Gasteiger partial charge is 0.353 e. The maximum absolute atomic E-state index is 13.3. The molecule has 0 bridgehead atoms. The summed E-state index contributed by atoms with van der Waals surface area (Å²) in [5, 5.41) is 5.19. The van der Waals surface area contributed by atoms with Gasteiger partial charge < -0.3 is 10.2 Å². The van der Waals surface area contributed by atoms with E-state index in [9.17, 15) is 9.59 Å². The van der Waals surface area contributed by atoms with E-state index in [1.54, 1.807) is 11.3 Å². The topological polar surface area (TPSA) is 49.4 Å². The lowest BCUT2D eigenvalue weighted by Gasteiger charge is -2.42. The summed E-state index contributed by atoms with van der Waals surface area (Å²) >= 11 is 1.62. The zero-order valence-electron chi connectivity index (χ0n) is 15.1. The summed E-state index contributed by atoms with van der Waals surface area (Å²) in [6.07, 6.45) is 2.11. The lowest BCUT2D eigenvalue weighted by molar-refractivity contribution is -0.124. The van der Waals surface area contributed by atoms with E-state index in [0.717, 1.165) is 23.3 Å². The van der Waals surface area contributed by atoms with Gasteiger partial charge in [0, 0.05) is 23.0 Å². The molecule has 1 N–H and O–H groups in total. The Labute approximate surface area is 158 Å². The number of hydrogen-bond acceptors (Lipinski definition) is 3. The third-order valence-corrected chi connectivity index (χ3v) is 5.98. The number of hydrogen-bond donors (Lipinski definition) is 1. The molecule has 1 fully saturated rings. The highest BCUT2D eigenvalue weighted by Crippen LogP contribution is 2.44. The molecule has 4 rings (SSSR count). The number of benzene rings is 1. The first-order valence-corrected chi connectivity index (χ1v) is 10.2. The molecule has 4 nitrogen and oxygen atoms in total. The average molecular weight is 369 g/mol. The highest BCUT2D eigenvalue weighted by Gasteiger charge is 2.45. The number of rotatable bonds is 5. The number of amides is 2. The van der Waals surface area contributed by atoms with Crippen LogP contribution in [0, 0.1) is 5.92 Å². The number of fused-ring (bicyclic) bond motifs is 1. The first kappa shape index (κ1) is 17.3. The highest BCUT2D eigenvalue weighted by atomic mass is 32.1. The molecule has 0 radical (unpaired) electrons. The normalized spacial score (nSPS) is 22.4. The molecule has 2 heterocycles. The fourth-order valence-electron chi connectivity index (χ4n) is 3.76.